The molecule has 1 aromatic carbocycles. The van der Waals surface area contributed by atoms with Gasteiger partial charge in [-0.25, -0.2) is 13.6 Å². The number of pyridine rings is 1. The molecule has 1 fully saturated rings. The summed E-state index contributed by atoms with van der Waals surface area (Å²) in [5.41, 5.74) is 0.828. The molecule has 1 amide bonds. The molecule has 1 unspecified atom stereocenters. The first-order valence-corrected chi connectivity index (χ1v) is 9.72. The molecule has 0 bridgehead atoms. The van der Waals surface area contributed by atoms with Gasteiger partial charge in [0.1, 0.15) is 6.10 Å². The van der Waals surface area contributed by atoms with Crippen molar-refractivity contribution in [2.24, 2.45) is 5.92 Å². The van der Waals surface area contributed by atoms with Crippen molar-refractivity contribution in [2.45, 2.75) is 51.4 Å². The van der Waals surface area contributed by atoms with E-state index in [1.807, 2.05) is 13.8 Å². The van der Waals surface area contributed by atoms with Gasteiger partial charge in [-0.1, -0.05) is 26.0 Å². The smallest absolute Gasteiger partial charge is 0.335 e. The van der Waals surface area contributed by atoms with Crippen LogP contribution in [0.15, 0.2) is 42.6 Å². The van der Waals surface area contributed by atoms with E-state index in [2.05, 4.69) is 10.3 Å². The predicted octanol–water partition coefficient (Wildman–Crippen LogP) is 4.06. The number of alkyl halides is 2. The van der Waals surface area contributed by atoms with E-state index in [0.29, 0.717) is 5.69 Å². The zero-order valence-electron chi connectivity index (χ0n) is 16.8. The van der Waals surface area contributed by atoms with Crippen molar-refractivity contribution in [1.82, 2.24) is 10.3 Å². The zero-order chi connectivity index (χ0) is 21.9. The highest BCUT2D eigenvalue weighted by Crippen LogP contribution is 2.45. The zero-order valence-corrected chi connectivity index (χ0v) is 16.8. The summed E-state index contributed by atoms with van der Waals surface area (Å²) in [4.78, 5) is 27.9. The Labute approximate surface area is 173 Å². The van der Waals surface area contributed by atoms with Crippen LogP contribution in [0.25, 0.3) is 0 Å². The van der Waals surface area contributed by atoms with Crippen molar-refractivity contribution in [3.8, 4) is 0 Å². The van der Waals surface area contributed by atoms with E-state index in [0.717, 1.165) is 24.6 Å². The maximum Gasteiger partial charge on any atom is 0.335 e. The summed E-state index contributed by atoms with van der Waals surface area (Å²) >= 11 is 0. The minimum Gasteiger partial charge on any atom is -0.478 e. The highest BCUT2D eigenvalue weighted by molar-refractivity contribution is 5.87. The maximum absolute atomic E-state index is 12.9. The Kier molecular flexibility index (Phi) is 6.45. The Hall–Kier alpha value is -2.87. The average Bonchev–Trinajstić information content (AvgIpc) is 3.48. The number of halogens is 2. The van der Waals surface area contributed by atoms with Crippen molar-refractivity contribution < 1.29 is 28.2 Å². The lowest BCUT2D eigenvalue weighted by Gasteiger charge is -2.25. The molecule has 2 N–H and O–H groups in total. The lowest BCUT2D eigenvalue weighted by molar-refractivity contribution is -0.137. The minimum absolute atomic E-state index is 0.0279. The third kappa shape index (κ3) is 4.99. The van der Waals surface area contributed by atoms with Crippen LogP contribution in [-0.2, 0) is 21.7 Å². The average molecular weight is 418 g/mol. The number of amides is 1. The van der Waals surface area contributed by atoms with Gasteiger partial charge >= 0.3 is 5.97 Å². The number of carbonyl (C=O) groups is 2. The third-order valence-corrected chi connectivity index (χ3v) is 5.17. The highest BCUT2D eigenvalue weighted by Gasteiger charge is 2.46. The quantitative estimate of drug-likeness (QED) is 0.641. The molecule has 2 aromatic rings. The number of aromatic nitrogens is 1. The van der Waals surface area contributed by atoms with E-state index in [4.69, 9.17) is 9.84 Å². The highest BCUT2D eigenvalue weighted by atomic mass is 19.3. The van der Waals surface area contributed by atoms with Crippen LogP contribution in [0.1, 0.15) is 60.3 Å². The molecule has 0 saturated heterocycles. The second-order valence-corrected chi connectivity index (χ2v) is 7.81. The second-order valence-electron chi connectivity index (χ2n) is 7.81. The Balaban J connectivity index is 1.64. The van der Waals surface area contributed by atoms with Crippen LogP contribution in [0, 0.1) is 5.92 Å². The Morgan fingerprint density at radius 3 is 2.30 bits per heavy atom. The van der Waals surface area contributed by atoms with Crippen LogP contribution in [0.4, 0.5) is 8.78 Å². The Morgan fingerprint density at radius 2 is 1.83 bits per heavy atom. The molecule has 1 aliphatic carbocycles. The van der Waals surface area contributed by atoms with Crippen molar-refractivity contribution in [2.75, 3.05) is 0 Å². The fourth-order valence-corrected chi connectivity index (χ4v) is 3.25. The fourth-order valence-electron chi connectivity index (χ4n) is 3.25. The Bertz CT molecular complexity index is 894. The number of aromatic carboxylic acids is 1. The maximum atomic E-state index is 12.9. The molecule has 160 valence electrons. The van der Waals surface area contributed by atoms with Gasteiger partial charge in [0.05, 0.1) is 23.4 Å². The molecule has 1 heterocycles. The number of benzene rings is 1. The molecule has 1 atom stereocenters. The van der Waals surface area contributed by atoms with E-state index < -0.39 is 24.0 Å². The summed E-state index contributed by atoms with van der Waals surface area (Å²) < 4.78 is 31.0. The number of ether oxygens (including phenoxy) is 1. The molecule has 3 rings (SSSR count). The fraction of sp³-hybridized carbons (Fsp3) is 0.409. The molecule has 8 heteroatoms. The minimum atomic E-state index is -2.58. The molecule has 0 spiro atoms. The summed E-state index contributed by atoms with van der Waals surface area (Å²) in [5, 5.41) is 12.1. The van der Waals surface area contributed by atoms with Gasteiger partial charge in [-0.05, 0) is 48.6 Å². The van der Waals surface area contributed by atoms with Crippen molar-refractivity contribution in [1.29, 1.82) is 0 Å². The van der Waals surface area contributed by atoms with Gasteiger partial charge in [-0.3, -0.25) is 9.78 Å². The number of nitrogens with zero attached hydrogens (tertiary/aromatic N) is 1. The molecule has 1 aromatic heterocycles. The first kappa shape index (κ1) is 21.8. The van der Waals surface area contributed by atoms with E-state index in [1.165, 1.54) is 24.3 Å². The summed E-state index contributed by atoms with van der Waals surface area (Å²) in [6.45, 7) is 3.75. The van der Waals surface area contributed by atoms with Crippen LogP contribution in [0.3, 0.4) is 0 Å². The number of rotatable bonds is 9. The van der Waals surface area contributed by atoms with E-state index in [-0.39, 0.29) is 29.6 Å². The van der Waals surface area contributed by atoms with Gasteiger partial charge in [-0.2, -0.15) is 0 Å². The molecule has 30 heavy (non-hydrogen) atoms. The molecule has 6 nitrogen and oxygen atoms in total. The largest absolute Gasteiger partial charge is 0.478 e. The van der Waals surface area contributed by atoms with Crippen LogP contribution in [0.2, 0.25) is 0 Å². The van der Waals surface area contributed by atoms with Crippen LogP contribution in [-0.4, -0.2) is 28.1 Å². The summed E-state index contributed by atoms with van der Waals surface area (Å²) in [6.07, 6.45) is -0.703. The van der Waals surface area contributed by atoms with E-state index in [1.54, 1.807) is 12.1 Å². The number of hydrogen-bond donors (Lipinski definition) is 2. The van der Waals surface area contributed by atoms with Crippen LogP contribution < -0.4 is 5.32 Å². The van der Waals surface area contributed by atoms with Gasteiger partial charge in [0.15, 0.2) is 0 Å². The standard InChI is InChI=1S/C22H24F2N2O4/c1-13(2)18(30-12-17-8-5-15(11-25-17)19(23)24)20(27)26-22(9-10-22)16-6-3-14(4-7-16)21(28)29/h3-8,11,13,18-19H,9-10,12H2,1-2H3,(H,26,27)(H,28,29). The number of carboxylic acid groups (broad SMARTS) is 1. The first-order chi connectivity index (χ1) is 14.2. The van der Waals surface area contributed by atoms with Crippen LogP contribution >= 0.6 is 0 Å². The summed E-state index contributed by atoms with van der Waals surface area (Å²) in [5.74, 6) is -1.39. The Morgan fingerprint density at radius 1 is 1.17 bits per heavy atom. The predicted molar refractivity (Wildman–Crippen MR) is 105 cm³/mol. The third-order valence-electron chi connectivity index (χ3n) is 5.17. The lowest BCUT2D eigenvalue weighted by atomic mass is 10.0. The van der Waals surface area contributed by atoms with Gasteiger partial charge in [-0.15, -0.1) is 0 Å². The summed E-state index contributed by atoms with van der Waals surface area (Å²) in [7, 11) is 0. The monoisotopic (exact) mass is 418 g/mol. The van der Waals surface area contributed by atoms with Gasteiger partial charge in [0.2, 0.25) is 5.91 Å². The molecule has 0 aliphatic heterocycles. The number of carbonyl (C=O) groups excluding carboxylic acids is 1. The summed E-state index contributed by atoms with van der Waals surface area (Å²) in [6, 6.07) is 9.24. The molecular formula is C22H24F2N2O4. The molecular weight excluding hydrogens is 394 g/mol. The van der Waals surface area contributed by atoms with Crippen LogP contribution in [0.5, 0.6) is 0 Å². The topological polar surface area (TPSA) is 88.5 Å². The number of nitrogens with one attached hydrogen (secondary N) is 1. The van der Waals surface area contributed by atoms with Crippen molar-refractivity contribution in [3.63, 3.8) is 0 Å². The second kappa shape index (κ2) is 8.87. The van der Waals surface area contributed by atoms with Gasteiger partial charge in [0, 0.05) is 11.8 Å². The molecule has 0 radical (unpaired) electrons. The van der Waals surface area contributed by atoms with E-state index in [9.17, 15) is 18.4 Å². The lowest BCUT2D eigenvalue weighted by Crippen LogP contribution is -2.44. The number of hydrogen-bond acceptors (Lipinski definition) is 4. The van der Waals surface area contributed by atoms with Crippen molar-refractivity contribution in [3.05, 3.63) is 65.0 Å². The van der Waals surface area contributed by atoms with E-state index >= 15 is 0 Å². The number of carboxylic acids is 1. The molecule has 1 saturated carbocycles. The van der Waals surface area contributed by atoms with Gasteiger partial charge in [0.25, 0.3) is 6.43 Å². The van der Waals surface area contributed by atoms with Gasteiger partial charge < -0.3 is 15.2 Å². The normalized spacial score (nSPS) is 15.8. The molecule has 1 aliphatic rings. The van der Waals surface area contributed by atoms with Crippen molar-refractivity contribution >= 4 is 11.9 Å². The first-order valence-electron chi connectivity index (χ1n) is 9.72. The SMILES string of the molecule is CC(C)C(OCc1ccc(C(F)F)cn1)C(=O)NC1(c2ccc(C(=O)O)cc2)CC1.